The molecule has 0 fully saturated rings. The molecule has 20 heavy (non-hydrogen) atoms. The van der Waals surface area contributed by atoms with E-state index in [1.807, 2.05) is 19.9 Å². The number of halogens is 2. The van der Waals surface area contributed by atoms with Gasteiger partial charge in [-0.2, -0.15) is 0 Å². The van der Waals surface area contributed by atoms with Crippen LogP contribution in [0, 0.1) is 18.6 Å². The smallest absolute Gasteiger partial charge is 0.159 e. The van der Waals surface area contributed by atoms with Gasteiger partial charge in [0.2, 0.25) is 0 Å². The Balaban J connectivity index is 2.53. The van der Waals surface area contributed by atoms with Crippen molar-refractivity contribution in [3.05, 3.63) is 58.8 Å². The molecule has 1 aromatic heterocycles. The Labute approximate surface area is 116 Å². The number of benzene rings is 1. The summed E-state index contributed by atoms with van der Waals surface area (Å²) in [5.41, 5.74) is 8.30. The summed E-state index contributed by atoms with van der Waals surface area (Å²) in [5, 5.41) is 3.23. The Bertz CT molecular complexity index is 594. The Morgan fingerprint density at radius 2 is 2.00 bits per heavy atom. The number of hydrogen-bond donors (Lipinski definition) is 2. The van der Waals surface area contributed by atoms with Gasteiger partial charge in [-0.1, -0.05) is 13.0 Å². The van der Waals surface area contributed by atoms with Gasteiger partial charge in [0.15, 0.2) is 11.6 Å². The van der Waals surface area contributed by atoms with Gasteiger partial charge in [-0.25, -0.2) is 13.8 Å². The molecule has 0 radical (unpaired) electrons. The van der Waals surface area contributed by atoms with Crippen LogP contribution in [-0.2, 0) is 0 Å². The Morgan fingerprint density at radius 1 is 1.25 bits per heavy atom. The highest BCUT2D eigenvalue weighted by Gasteiger charge is 2.19. The number of nitrogens with two attached hydrogens (primary N) is 1. The normalized spacial score (nSPS) is 12.4. The molecule has 1 aromatic carbocycles. The van der Waals surface area contributed by atoms with Crippen molar-refractivity contribution in [2.75, 3.05) is 12.3 Å². The van der Waals surface area contributed by atoms with Crippen LogP contribution in [0.3, 0.4) is 0 Å². The molecule has 0 aliphatic rings. The van der Waals surface area contributed by atoms with Gasteiger partial charge in [-0.15, -0.1) is 0 Å². The summed E-state index contributed by atoms with van der Waals surface area (Å²) in [6.07, 6.45) is 1.63. The molecule has 1 atom stereocenters. The van der Waals surface area contributed by atoms with Crippen LogP contribution >= 0.6 is 0 Å². The van der Waals surface area contributed by atoms with E-state index in [0.717, 1.165) is 17.2 Å². The number of anilines is 1. The van der Waals surface area contributed by atoms with Crippen molar-refractivity contribution < 1.29 is 8.78 Å². The zero-order chi connectivity index (χ0) is 14.7. The van der Waals surface area contributed by atoms with Crippen molar-refractivity contribution in [2.24, 2.45) is 0 Å². The first-order valence-corrected chi connectivity index (χ1v) is 6.44. The number of nitrogens with zero attached hydrogens (tertiary/aromatic N) is 1. The second-order valence-corrected chi connectivity index (χ2v) is 4.59. The van der Waals surface area contributed by atoms with Crippen LogP contribution in [0.2, 0.25) is 0 Å². The summed E-state index contributed by atoms with van der Waals surface area (Å²) in [4.78, 5) is 4.08. The molecule has 0 aliphatic heterocycles. The van der Waals surface area contributed by atoms with E-state index < -0.39 is 11.6 Å². The lowest BCUT2D eigenvalue weighted by molar-refractivity contribution is 0.504. The fraction of sp³-hybridized carbons (Fsp3) is 0.267. The number of hydrogen-bond acceptors (Lipinski definition) is 3. The molecule has 1 heterocycles. The minimum Gasteiger partial charge on any atom is -0.383 e. The number of aryl methyl sites for hydroxylation is 1. The van der Waals surface area contributed by atoms with Crippen LogP contribution in [-0.4, -0.2) is 11.5 Å². The Morgan fingerprint density at radius 3 is 2.60 bits per heavy atom. The SMILES string of the molecule is CCNC(c1ccc(F)c(F)c1)c1c(C)ccnc1N. The largest absolute Gasteiger partial charge is 0.383 e. The van der Waals surface area contributed by atoms with E-state index in [0.29, 0.717) is 17.9 Å². The lowest BCUT2D eigenvalue weighted by Crippen LogP contribution is -2.24. The molecule has 2 aromatic rings. The van der Waals surface area contributed by atoms with Gasteiger partial charge in [-0.3, -0.25) is 0 Å². The first-order chi connectivity index (χ1) is 9.54. The Kier molecular flexibility index (Phi) is 4.29. The van der Waals surface area contributed by atoms with E-state index >= 15 is 0 Å². The molecule has 0 spiro atoms. The Hall–Kier alpha value is -2.01. The molecule has 0 saturated carbocycles. The summed E-state index contributed by atoms with van der Waals surface area (Å²) >= 11 is 0. The van der Waals surface area contributed by atoms with Gasteiger partial charge in [0.25, 0.3) is 0 Å². The highest BCUT2D eigenvalue weighted by atomic mass is 19.2. The van der Waals surface area contributed by atoms with E-state index in [1.54, 1.807) is 12.3 Å². The summed E-state index contributed by atoms with van der Waals surface area (Å²) in [5.74, 6) is -1.34. The number of nitrogens with one attached hydrogen (secondary N) is 1. The molecule has 106 valence electrons. The highest BCUT2D eigenvalue weighted by molar-refractivity contribution is 5.50. The lowest BCUT2D eigenvalue weighted by atomic mass is 9.95. The molecular weight excluding hydrogens is 260 g/mol. The monoisotopic (exact) mass is 277 g/mol. The first kappa shape index (κ1) is 14.4. The maximum absolute atomic E-state index is 13.4. The zero-order valence-corrected chi connectivity index (χ0v) is 11.5. The molecule has 1 unspecified atom stereocenters. The summed E-state index contributed by atoms with van der Waals surface area (Å²) < 4.78 is 26.5. The molecule has 3 nitrogen and oxygen atoms in total. The number of rotatable bonds is 4. The van der Waals surface area contributed by atoms with Crippen LogP contribution in [0.5, 0.6) is 0 Å². The molecule has 2 rings (SSSR count). The van der Waals surface area contributed by atoms with Crippen molar-refractivity contribution >= 4 is 5.82 Å². The summed E-state index contributed by atoms with van der Waals surface area (Å²) in [6.45, 7) is 4.52. The standard InChI is InChI=1S/C15H17F2N3/c1-3-19-14(10-4-5-11(16)12(17)8-10)13-9(2)6-7-20-15(13)18/h4-8,14,19H,3H2,1-2H3,(H2,18,20). The minimum absolute atomic E-state index is 0.316. The first-order valence-electron chi connectivity index (χ1n) is 6.44. The van der Waals surface area contributed by atoms with Gasteiger partial charge in [0.1, 0.15) is 5.82 Å². The van der Waals surface area contributed by atoms with E-state index in [2.05, 4.69) is 10.3 Å². The fourth-order valence-corrected chi connectivity index (χ4v) is 2.25. The maximum atomic E-state index is 13.4. The average molecular weight is 277 g/mol. The van der Waals surface area contributed by atoms with Gasteiger partial charge in [0, 0.05) is 11.8 Å². The summed E-state index contributed by atoms with van der Waals surface area (Å²) in [6, 6.07) is 5.39. The third kappa shape index (κ3) is 2.77. The van der Waals surface area contributed by atoms with Crippen LogP contribution in [0.1, 0.15) is 29.7 Å². The predicted octanol–water partition coefficient (Wildman–Crippen LogP) is 2.95. The predicted molar refractivity (Wildman–Crippen MR) is 75.3 cm³/mol. The number of aromatic nitrogens is 1. The quantitative estimate of drug-likeness (QED) is 0.903. The maximum Gasteiger partial charge on any atom is 0.159 e. The van der Waals surface area contributed by atoms with Gasteiger partial charge >= 0.3 is 0 Å². The van der Waals surface area contributed by atoms with Gasteiger partial charge in [-0.05, 0) is 42.8 Å². The van der Waals surface area contributed by atoms with Crippen LogP contribution in [0.4, 0.5) is 14.6 Å². The fourth-order valence-electron chi connectivity index (χ4n) is 2.25. The number of pyridine rings is 1. The molecule has 0 bridgehead atoms. The molecule has 0 saturated heterocycles. The van der Waals surface area contributed by atoms with E-state index in [4.69, 9.17) is 5.73 Å². The molecule has 5 heteroatoms. The van der Waals surface area contributed by atoms with Gasteiger partial charge < -0.3 is 11.1 Å². The minimum atomic E-state index is -0.870. The third-order valence-electron chi connectivity index (χ3n) is 3.21. The van der Waals surface area contributed by atoms with Crippen molar-refractivity contribution in [3.63, 3.8) is 0 Å². The van der Waals surface area contributed by atoms with E-state index in [1.165, 1.54) is 6.07 Å². The average Bonchev–Trinajstić information content (AvgIpc) is 2.41. The van der Waals surface area contributed by atoms with E-state index in [9.17, 15) is 8.78 Å². The molecule has 0 amide bonds. The third-order valence-corrected chi connectivity index (χ3v) is 3.21. The number of nitrogen functional groups attached to an aromatic ring is 1. The molecule has 0 aliphatic carbocycles. The second-order valence-electron chi connectivity index (χ2n) is 4.59. The summed E-state index contributed by atoms with van der Waals surface area (Å²) in [7, 11) is 0. The second kappa shape index (κ2) is 5.96. The van der Waals surface area contributed by atoms with Crippen molar-refractivity contribution in [1.29, 1.82) is 0 Å². The highest BCUT2D eigenvalue weighted by Crippen LogP contribution is 2.29. The molecule has 3 N–H and O–H groups in total. The molecular formula is C15H17F2N3. The van der Waals surface area contributed by atoms with Crippen LogP contribution < -0.4 is 11.1 Å². The van der Waals surface area contributed by atoms with Crippen molar-refractivity contribution in [3.8, 4) is 0 Å². The van der Waals surface area contributed by atoms with Crippen LogP contribution in [0.25, 0.3) is 0 Å². The van der Waals surface area contributed by atoms with Crippen molar-refractivity contribution in [2.45, 2.75) is 19.9 Å². The topological polar surface area (TPSA) is 50.9 Å². The van der Waals surface area contributed by atoms with Gasteiger partial charge in [0.05, 0.1) is 6.04 Å². The lowest BCUT2D eigenvalue weighted by Gasteiger charge is -2.22. The van der Waals surface area contributed by atoms with Crippen molar-refractivity contribution in [1.82, 2.24) is 10.3 Å². The van der Waals surface area contributed by atoms with Crippen LogP contribution in [0.15, 0.2) is 30.5 Å². The van der Waals surface area contributed by atoms with E-state index in [-0.39, 0.29) is 6.04 Å². The zero-order valence-electron chi connectivity index (χ0n) is 11.5.